The third-order valence-corrected chi connectivity index (χ3v) is 7.01. The molecule has 2 aromatic carbocycles. The molecule has 1 N–H and O–H groups in total. The van der Waals surface area contributed by atoms with Crippen molar-refractivity contribution in [3.63, 3.8) is 0 Å². The van der Waals surface area contributed by atoms with Crippen LogP contribution in [0.2, 0.25) is 0 Å². The number of nitrogens with zero attached hydrogens (tertiary/aromatic N) is 2. The molecule has 33 heavy (non-hydrogen) atoms. The van der Waals surface area contributed by atoms with Gasteiger partial charge in [0.05, 0.1) is 12.1 Å². The Bertz CT molecular complexity index is 1090. The number of para-hydroxylation sites is 2. The minimum Gasteiger partial charge on any atom is -0.491 e. The number of likely N-dealkylation sites (tertiary alicyclic amines) is 1. The number of piperidine rings is 1. The Morgan fingerprint density at radius 1 is 1.09 bits per heavy atom. The van der Waals surface area contributed by atoms with Crippen LogP contribution >= 0.6 is 15.9 Å². The molecule has 0 unspecified atom stereocenters. The van der Waals surface area contributed by atoms with Gasteiger partial charge in [-0.3, -0.25) is 4.90 Å². The zero-order valence-corrected chi connectivity index (χ0v) is 20.6. The second kappa shape index (κ2) is 11.2. The second-order valence-corrected chi connectivity index (χ2v) is 9.23. The van der Waals surface area contributed by atoms with Gasteiger partial charge in [0.25, 0.3) is 0 Å². The topological polar surface area (TPSA) is 63.9 Å². The predicted octanol–water partition coefficient (Wildman–Crippen LogP) is 5.40. The second-order valence-electron chi connectivity index (χ2n) is 8.38. The third-order valence-electron chi connectivity index (χ3n) is 6.37. The number of aromatic nitrogens is 1. The fourth-order valence-electron chi connectivity index (χ4n) is 4.67. The quantitative estimate of drug-likeness (QED) is 0.367. The normalized spacial score (nSPS) is 15.2. The van der Waals surface area contributed by atoms with Crippen LogP contribution in [0.5, 0.6) is 5.75 Å². The number of fused-ring (bicyclic) bond motifs is 1. The lowest BCUT2D eigenvalue weighted by Gasteiger charge is -2.31. The molecule has 0 amide bonds. The fraction of sp³-hybridized carbons (Fsp3) is 0.423. The van der Waals surface area contributed by atoms with Gasteiger partial charge >= 0.3 is 5.97 Å². The average Bonchev–Trinajstić information content (AvgIpc) is 3.20. The van der Waals surface area contributed by atoms with Gasteiger partial charge < -0.3 is 19.1 Å². The van der Waals surface area contributed by atoms with Crippen molar-refractivity contribution in [1.82, 2.24) is 9.47 Å². The summed E-state index contributed by atoms with van der Waals surface area (Å²) in [6.45, 7) is 7.62. The summed E-state index contributed by atoms with van der Waals surface area (Å²) < 4.78 is 14.8. The molecule has 1 aliphatic heterocycles. The van der Waals surface area contributed by atoms with Crippen LogP contribution < -0.4 is 4.74 Å². The van der Waals surface area contributed by atoms with E-state index in [1.807, 2.05) is 6.92 Å². The van der Waals surface area contributed by atoms with E-state index < -0.39 is 5.97 Å². The lowest BCUT2D eigenvalue weighted by molar-refractivity contribution is 0.0691. The number of aromatic carboxylic acids is 1. The molecular weight excluding hydrogens is 484 g/mol. The van der Waals surface area contributed by atoms with E-state index in [9.17, 15) is 9.90 Å². The number of ether oxygens (including phenoxy) is 2. The number of hydrogen-bond donors (Lipinski definition) is 1. The largest absolute Gasteiger partial charge is 0.491 e. The van der Waals surface area contributed by atoms with E-state index in [4.69, 9.17) is 9.47 Å². The van der Waals surface area contributed by atoms with Crippen molar-refractivity contribution >= 4 is 32.8 Å². The van der Waals surface area contributed by atoms with Crippen molar-refractivity contribution < 1.29 is 19.4 Å². The van der Waals surface area contributed by atoms with Crippen LogP contribution in [-0.4, -0.2) is 60.0 Å². The summed E-state index contributed by atoms with van der Waals surface area (Å²) in [5.74, 6) is 0.00356. The number of hydrogen-bond acceptors (Lipinski definition) is 4. The van der Waals surface area contributed by atoms with Crippen LogP contribution in [0.1, 0.15) is 41.6 Å². The first kappa shape index (κ1) is 23.8. The van der Waals surface area contributed by atoms with Crippen molar-refractivity contribution in [2.45, 2.75) is 32.2 Å². The highest BCUT2D eigenvalue weighted by molar-refractivity contribution is 9.10. The first-order chi connectivity index (χ1) is 16.1. The van der Waals surface area contributed by atoms with Gasteiger partial charge in [-0.15, -0.1) is 0 Å². The van der Waals surface area contributed by atoms with Crippen molar-refractivity contribution in [3.8, 4) is 5.75 Å². The minimum absolute atomic E-state index is 0.211. The van der Waals surface area contributed by atoms with Crippen LogP contribution in [-0.2, 0) is 11.3 Å². The van der Waals surface area contributed by atoms with E-state index in [2.05, 4.69) is 49.8 Å². The zero-order chi connectivity index (χ0) is 23.2. The SMILES string of the molecule is CCOCCn1cc(C2CCN(CCOc3ccccc3C(=O)O)CC2)c2cccc(Br)c21. The maximum atomic E-state index is 11.3. The van der Waals surface area contributed by atoms with E-state index in [1.165, 1.54) is 16.5 Å². The van der Waals surface area contributed by atoms with Crippen LogP contribution in [0.4, 0.5) is 0 Å². The summed E-state index contributed by atoms with van der Waals surface area (Å²) in [4.78, 5) is 13.8. The lowest BCUT2D eigenvalue weighted by atomic mass is 9.89. The molecule has 3 aromatic rings. The Balaban J connectivity index is 1.36. The van der Waals surface area contributed by atoms with Gasteiger partial charge in [0.2, 0.25) is 0 Å². The summed E-state index contributed by atoms with van der Waals surface area (Å²) in [6.07, 6.45) is 4.52. The third kappa shape index (κ3) is 5.60. The minimum atomic E-state index is -0.960. The Morgan fingerprint density at radius 2 is 1.88 bits per heavy atom. The van der Waals surface area contributed by atoms with Crippen molar-refractivity contribution in [2.24, 2.45) is 0 Å². The number of carboxylic acids is 1. The van der Waals surface area contributed by atoms with Gasteiger partial charge in [0.1, 0.15) is 17.9 Å². The zero-order valence-electron chi connectivity index (χ0n) is 19.0. The highest BCUT2D eigenvalue weighted by atomic mass is 79.9. The van der Waals surface area contributed by atoms with E-state index in [0.717, 1.165) is 50.1 Å². The van der Waals surface area contributed by atoms with Crippen molar-refractivity contribution in [2.75, 3.05) is 39.5 Å². The molecule has 0 atom stereocenters. The molecule has 4 rings (SSSR count). The van der Waals surface area contributed by atoms with Crippen molar-refractivity contribution in [3.05, 3.63) is 64.3 Å². The molecule has 7 heteroatoms. The molecular formula is C26H31BrN2O4. The first-order valence-corrected chi connectivity index (χ1v) is 12.4. The van der Waals surface area contributed by atoms with Crippen LogP contribution in [0.15, 0.2) is 53.1 Å². The summed E-state index contributed by atoms with van der Waals surface area (Å²) in [7, 11) is 0. The Hall–Kier alpha value is -2.35. The molecule has 0 saturated carbocycles. The van der Waals surface area contributed by atoms with Gasteiger partial charge in [-0.1, -0.05) is 24.3 Å². The van der Waals surface area contributed by atoms with Crippen LogP contribution in [0.25, 0.3) is 10.9 Å². The number of carboxylic acid groups (broad SMARTS) is 1. The molecule has 2 heterocycles. The molecule has 1 aliphatic rings. The number of carbonyl (C=O) groups is 1. The Labute approximate surface area is 203 Å². The number of benzene rings is 2. The molecule has 0 radical (unpaired) electrons. The van der Waals surface area contributed by atoms with E-state index in [0.29, 0.717) is 24.9 Å². The highest BCUT2D eigenvalue weighted by Crippen LogP contribution is 2.37. The van der Waals surface area contributed by atoms with Gasteiger partial charge in [0.15, 0.2) is 0 Å². The number of rotatable bonds is 10. The predicted molar refractivity (Wildman–Crippen MR) is 133 cm³/mol. The lowest BCUT2D eigenvalue weighted by Crippen LogP contribution is -2.35. The van der Waals surface area contributed by atoms with Gasteiger partial charge in [-0.2, -0.15) is 0 Å². The highest BCUT2D eigenvalue weighted by Gasteiger charge is 2.24. The van der Waals surface area contributed by atoms with Gasteiger partial charge in [-0.05, 0) is 78.5 Å². The monoisotopic (exact) mass is 514 g/mol. The molecule has 0 aliphatic carbocycles. The summed E-state index contributed by atoms with van der Waals surface area (Å²) in [5.41, 5.74) is 2.89. The first-order valence-electron chi connectivity index (χ1n) is 11.6. The molecule has 1 fully saturated rings. The van der Waals surface area contributed by atoms with E-state index in [-0.39, 0.29) is 5.56 Å². The molecule has 0 bridgehead atoms. The molecule has 176 valence electrons. The standard InChI is InChI=1S/C26H31BrN2O4/c1-2-32-16-15-29-18-22(20-7-5-8-23(27)25(20)29)19-10-12-28(13-11-19)14-17-33-24-9-4-3-6-21(24)26(30)31/h3-9,18-19H,2,10-17H2,1H3,(H,30,31). The molecule has 0 spiro atoms. The Morgan fingerprint density at radius 3 is 2.64 bits per heavy atom. The summed E-state index contributed by atoms with van der Waals surface area (Å²) >= 11 is 3.74. The van der Waals surface area contributed by atoms with Gasteiger partial charge in [-0.25, -0.2) is 4.79 Å². The Kier molecular flexibility index (Phi) is 8.06. The molecule has 1 saturated heterocycles. The maximum absolute atomic E-state index is 11.3. The summed E-state index contributed by atoms with van der Waals surface area (Å²) in [5, 5.41) is 10.6. The van der Waals surface area contributed by atoms with Crippen LogP contribution in [0, 0.1) is 0 Å². The number of halogens is 1. The molecule has 1 aromatic heterocycles. The average molecular weight is 515 g/mol. The van der Waals surface area contributed by atoms with Crippen molar-refractivity contribution in [1.29, 1.82) is 0 Å². The smallest absolute Gasteiger partial charge is 0.339 e. The maximum Gasteiger partial charge on any atom is 0.339 e. The van der Waals surface area contributed by atoms with E-state index >= 15 is 0 Å². The fourth-order valence-corrected chi connectivity index (χ4v) is 5.27. The van der Waals surface area contributed by atoms with Crippen LogP contribution in [0.3, 0.4) is 0 Å². The van der Waals surface area contributed by atoms with Gasteiger partial charge in [0, 0.05) is 35.8 Å². The summed E-state index contributed by atoms with van der Waals surface area (Å²) in [6, 6.07) is 13.3. The van der Waals surface area contributed by atoms with E-state index in [1.54, 1.807) is 24.3 Å². The molecule has 6 nitrogen and oxygen atoms in total.